The van der Waals surface area contributed by atoms with Crippen LogP contribution in [-0.2, 0) is 17.1 Å². The number of aryl methyl sites for hydroxylation is 1. The van der Waals surface area contributed by atoms with Gasteiger partial charge in [-0.15, -0.1) is 0 Å². The molecule has 1 saturated heterocycles. The SMILES string of the molecule is Cn1ccnc1SCC1CCN(S(=O)(=O)C2CC2)CC1. The normalized spacial score (nSPS) is 22.2. The second-order valence-electron chi connectivity index (χ2n) is 5.72. The number of sulfonamides is 1. The molecule has 0 radical (unpaired) electrons. The van der Waals surface area contributed by atoms with Gasteiger partial charge in [0.25, 0.3) is 0 Å². The number of aromatic nitrogens is 2. The van der Waals surface area contributed by atoms with Gasteiger partial charge in [-0.25, -0.2) is 17.7 Å². The molecule has 5 nitrogen and oxygen atoms in total. The van der Waals surface area contributed by atoms with Crippen LogP contribution < -0.4 is 0 Å². The molecule has 0 atom stereocenters. The highest BCUT2D eigenvalue weighted by Crippen LogP contribution is 2.34. The summed E-state index contributed by atoms with van der Waals surface area (Å²) in [5, 5.41) is 0.971. The van der Waals surface area contributed by atoms with E-state index in [1.807, 2.05) is 24.0 Å². The molecule has 0 amide bonds. The van der Waals surface area contributed by atoms with Crippen molar-refractivity contribution in [1.29, 1.82) is 0 Å². The van der Waals surface area contributed by atoms with Gasteiger partial charge in [0.2, 0.25) is 10.0 Å². The Kier molecular flexibility index (Phi) is 4.10. The minimum absolute atomic E-state index is 0.0685. The van der Waals surface area contributed by atoms with Crippen molar-refractivity contribution < 1.29 is 8.42 Å². The van der Waals surface area contributed by atoms with E-state index >= 15 is 0 Å². The standard InChI is InChI=1S/C13H21N3O2S2/c1-15-9-6-14-13(15)19-10-11-4-7-16(8-5-11)20(17,18)12-2-3-12/h6,9,11-12H,2-5,7-8,10H2,1H3. The van der Waals surface area contributed by atoms with E-state index < -0.39 is 10.0 Å². The zero-order valence-corrected chi connectivity index (χ0v) is 13.4. The lowest BCUT2D eigenvalue weighted by molar-refractivity contribution is 0.290. The minimum Gasteiger partial charge on any atom is -0.329 e. The maximum Gasteiger partial charge on any atom is 0.216 e. The fourth-order valence-corrected chi connectivity index (χ4v) is 5.58. The molecule has 2 fully saturated rings. The van der Waals surface area contributed by atoms with Gasteiger partial charge in [-0.3, -0.25) is 0 Å². The summed E-state index contributed by atoms with van der Waals surface area (Å²) in [5.74, 6) is 1.63. The monoisotopic (exact) mass is 315 g/mol. The van der Waals surface area contributed by atoms with Gasteiger partial charge >= 0.3 is 0 Å². The number of piperidine rings is 1. The average molecular weight is 315 g/mol. The summed E-state index contributed by atoms with van der Waals surface area (Å²) in [6.07, 6.45) is 7.43. The summed E-state index contributed by atoms with van der Waals surface area (Å²) in [6, 6.07) is 0. The van der Waals surface area contributed by atoms with Crippen molar-refractivity contribution in [2.75, 3.05) is 18.8 Å². The molecule has 7 heteroatoms. The topological polar surface area (TPSA) is 55.2 Å². The highest BCUT2D eigenvalue weighted by molar-refractivity contribution is 7.99. The maximum absolute atomic E-state index is 12.2. The van der Waals surface area contributed by atoms with Gasteiger partial charge in [-0.05, 0) is 31.6 Å². The summed E-state index contributed by atoms with van der Waals surface area (Å²) in [4.78, 5) is 4.31. The molecule has 0 aromatic carbocycles. The fourth-order valence-electron chi connectivity index (χ4n) is 2.59. The lowest BCUT2D eigenvalue weighted by Gasteiger charge is -2.31. The Bertz CT molecular complexity index is 558. The van der Waals surface area contributed by atoms with Gasteiger partial charge < -0.3 is 4.57 Å². The van der Waals surface area contributed by atoms with Crippen molar-refractivity contribution in [3.8, 4) is 0 Å². The maximum atomic E-state index is 12.2. The van der Waals surface area contributed by atoms with E-state index in [0.717, 1.165) is 36.6 Å². The second kappa shape index (κ2) is 5.69. The molecule has 2 aliphatic rings. The molecule has 0 unspecified atom stereocenters. The molecular weight excluding hydrogens is 294 g/mol. The number of hydrogen-bond donors (Lipinski definition) is 0. The van der Waals surface area contributed by atoms with Crippen molar-refractivity contribution in [3.05, 3.63) is 12.4 Å². The molecule has 0 N–H and O–H groups in total. The number of thioether (sulfide) groups is 1. The predicted molar refractivity (Wildman–Crippen MR) is 80.2 cm³/mol. The van der Waals surface area contributed by atoms with E-state index in [9.17, 15) is 8.42 Å². The Hall–Kier alpha value is -0.530. The first kappa shape index (κ1) is 14.4. The molecule has 1 aromatic rings. The Morgan fingerprint density at radius 3 is 2.55 bits per heavy atom. The van der Waals surface area contributed by atoms with Crippen LogP contribution in [0.1, 0.15) is 25.7 Å². The third-order valence-electron chi connectivity index (χ3n) is 4.10. The first-order valence-electron chi connectivity index (χ1n) is 7.16. The van der Waals surface area contributed by atoms with Crippen LogP contribution >= 0.6 is 11.8 Å². The summed E-state index contributed by atoms with van der Waals surface area (Å²) in [6.45, 7) is 1.40. The smallest absolute Gasteiger partial charge is 0.216 e. The Labute approximate surface area is 124 Å². The molecule has 3 rings (SSSR count). The van der Waals surface area contributed by atoms with Gasteiger partial charge in [0, 0.05) is 38.3 Å². The van der Waals surface area contributed by atoms with Crippen LogP contribution in [0.4, 0.5) is 0 Å². The number of rotatable bonds is 5. The Morgan fingerprint density at radius 2 is 2.00 bits per heavy atom. The van der Waals surface area contributed by atoms with E-state index in [1.54, 1.807) is 16.1 Å². The highest BCUT2D eigenvalue weighted by atomic mass is 32.2. The molecule has 1 aromatic heterocycles. The average Bonchev–Trinajstić information content (AvgIpc) is 3.22. The fraction of sp³-hybridized carbons (Fsp3) is 0.769. The van der Waals surface area contributed by atoms with Gasteiger partial charge in [-0.1, -0.05) is 11.8 Å². The molecule has 1 aliphatic heterocycles. The van der Waals surface area contributed by atoms with Crippen LogP contribution in [0.3, 0.4) is 0 Å². The van der Waals surface area contributed by atoms with Crippen LogP contribution in [0.15, 0.2) is 17.6 Å². The van der Waals surface area contributed by atoms with Crippen molar-refractivity contribution in [2.24, 2.45) is 13.0 Å². The summed E-state index contributed by atoms with van der Waals surface area (Å²) in [7, 11) is -0.967. The molecule has 2 heterocycles. The first-order valence-corrected chi connectivity index (χ1v) is 9.65. The van der Waals surface area contributed by atoms with Crippen LogP contribution in [0.25, 0.3) is 0 Å². The second-order valence-corrected chi connectivity index (χ2v) is 8.92. The number of nitrogens with zero attached hydrogens (tertiary/aromatic N) is 3. The number of imidazole rings is 1. The summed E-state index contributed by atoms with van der Waals surface area (Å²) < 4.78 is 28.0. The zero-order chi connectivity index (χ0) is 14.2. The van der Waals surface area contributed by atoms with Gasteiger partial charge in [0.05, 0.1) is 5.25 Å². The van der Waals surface area contributed by atoms with Crippen LogP contribution in [0.2, 0.25) is 0 Å². The number of hydrogen-bond acceptors (Lipinski definition) is 4. The van der Waals surface area contributed by atoms with E-state index in [4.69, 9.17) is 0 Å². The third-order valence-corrected chi connectivity index (χ3v) is 7.79. The molecular formula is C13H21N3O2S2. The Morgan fingerprint density at radius 1 is 1.30 bits per heavy atom. The molecule has 112 valence electrons. The third kappa shape index (κ3) is 3.04. The quantitative estimate of drug-likeness (QED) is 0.776. The predicted octanol–water partition coefficient (Wildman–Crippen LogP) is 1.72. The van der Waals surface area contributed by atoms with E-state index in [2.05, 4.69) is 4.98 Å². The molecule has 0 bridgehead atoms. The van der Waals surface area contributed by atoms with Crippen molar-refractivity contribution in [2.45, 2.75) is 36.1 Å². The van der Waals surface area contributed by atoms with Crippen LogP contribution in [0.5, 0.6) is 0 Å². The lowest BCUT2D eigenvalue weighted by Crippen LogP contribution is -2.40. The van der Waals surface area contributed by atoms with Crippen LogP contribution in [-0.4, -0.2) is 46.4 Å². The zero-order valence-electron chi connectivity index (χ0n) is 11.7. The summed E-state index contributed by atoms with van der Waals surface area (Å²) >= 11 is 1.77. The lowest BCUT2D eigenvalue weighted by atomic mass is 10.0. The summed E-state index contributed by atoms with van der Waals surface area (Å²) in [5.41, 5.74) is 0. The van der Waals surface area contributed by atoms with Gasteiger partial charge in [0.15, 0.2) is 5.16 Å². The van der Waals surface area contributed by atoms with E-state index in [-0.39, 0.29) is 5.25 Å². The van der Waals surface area contributed by atoms with Crippen molar-refractivity contribution in [3.63, 3.8) is 0 Å². The minimum atomic E-state index is -2.97. The van der Waals surface area contributed by atoms with Gasteiger partial charge in [0.1, 0.15) is 0 Å². The largest absolute Gasteiger partial charge is 0.329 e. The highest BCUT2D eigenvalue weighted by Gasteiger charge is 2.41. The van der Waals surface area contributed by atoms with Crippen molar-refractivity contribution in [1.82, 2.24) is 13.9 Å². The van der Waals surface area contributed by atoms with E-state index in [0.29, 0.717) is 19.0 Å². The Balaban J connectivity index is 1.48. The molecule has 0 spiro atoms. The van der Waals surface area contributed by atoms with E-state index in [1.165, 1.54) is 0 Å². The molecule has 1 aliphatic carbocycles. The van der Waals surface area contributed by atoms with Crippen LogP contribution in [0, 0.1) is 5.92 Å². The molecule has 20 heavy (non-hydrogen) atoms. The first-order chi connectivity index (χ1) is 9.57. The molecule has 1 saturated carbocycles. The van der Waals surface area contributed by atoms with Gasteiger partial charge in [-0.2, -0.15) is 0 Å². The van der Waals surface area contributed by atoms with Crippen molar-refractivity contribution >= 4 is 21.8 Å².